The molecule has 0 bridgehead atoms. The molecule has 0 aliphatic carbocycles. The topological polar surface area (TPSA) is 51.8 Å². The molecule has 0 aliphatic rings. The highest BCUT2D eigenvalue weighted by atomic mass is 19.1. The average molecular weight is 231 g/mol. The van der Waals surface area contributed by atoms with Crippen molar-refractivity contribution in [1.29, 1.82) is 0 Å². The maximum atomic E-state index is 13.5. The van der Waals surface area contributed by atoms with E-state index >= 15 is 0 Å². The average Bonchev–Trinajstić information content (AvgIpc) is 2.32. The zero-order valence-electron chi connectivity index (χ0n) is 9.87. The Hall–Kier alpha value is -1.97. The monoisotopic (exact) mass is 231 g/mol. The molecule has 1 aromatic heterocycles. The van der Waals surface area contributed by atoms with Crippen LogP contribution in [0.5, 0.6) is 0 Å². The van der Waals surface area contributed by atoms with Gasteiger partial charge in [-0.15, -0.1) is 0 Å². The second-order valence-corrected chi connectivity index (χ2v) is 3.85. The Morgan fingerprint density at radius 2 is 2.06 bits per heavy atom. The first-order valence-corrected chi connectivity index (χ1v) is 5.50. The molecule has 2 rings (SSSR count). The molecule has 0 saturated carbocycles. The molecule has 0 atom stereocenters. The molecule has 0 spiro atoms. The first-order valence-electron chi connectivity index (χ1n) is 5.50. The van der Waals surface area contributed by atoms with Crippen LogP contribution in [0, 0.1) is 12.7 Å². The van der Waals surface area contributed by atoms with Gasteiger partial charge in [-0.3, -0.25) is 0 Å². The van der Waals surface area contributed by atoms with Crippen molar-refractivity contribution >= 4 is 5.82 Å². The van der Waals surface area contributed by atoms with Crippen molar-refractivity contribution in [1.82, 2.24) is 9.97 Å². The predicted octanol–water partition coefficient (Wildman–Crippen LogP) is 2.74. The van der Waals surface area contributed by atoms with Crippen LogP contribution in [-0.2, 0) is 6.42 Å². The summed E-state index contributed by atoms with van der Waals surface area (Å²) in [4.78, 5) is 8.19. The van der Waals surface area contributed by atoms with Crippen LogP contribution >= 0.6 is 0 Å². The number of nitrogens with zero attached hydrogens (tertiary/aromatic N) is 2. The number of halogens is 1. The third kappa shape index (κ3) is 1.98. The molecule has 1 aromatic carbocycles. The number of aromatic nitrogens is 2. The van der Waals surface area contributed by atoms with Crippen LogP contribution in [0.1, 0.15) is 18.1 Å². The number of hydrogen-bond acceptors (Lipinski definition) is 3. The van der Waals surface area contributed by atoms with E-state index in [1.807, 2.05) is 13.0 Å². The Bertz CT molecular complexity index is 552. The van der Waals surface area contributed by atoms with Gasteiger partial charge in [-0.25, -0.2) is 14.4 Å². The van der Waals surface area contributed by atoms with E-state index in [0.29, 0.717) is 11.4 Å². The number of benzene rings is 1. The fourth-order valence-electron chi connectivity index (χ4n) is 1.87. The summed E-state index contributed by atoms with van der Waals surface area (Å²) < 4.78 is 13.5. The lowest BCUT2D eigenvalue weighted by atomic mass is 10.00. The summed E-state index contributed by atoms with van der Waals surface area (Å²) in [6.45, 7) is 3.72. The quantitative estimate of drug-likeness (QED) is 0.864. The highest BCUT2D eigenvalue weighted by Crippen LogP contribution is 2.28. The summed E-state index contributed by atoms with van der Waals surface area (Å²) in [6, 6.07) is 4.96. The number of nitrogens with two attached hydrogens (primary N) is 1. The largest absolute Gasteiger partial charge is 0.383 e. The lowest BCUT2D eigenvalue weighted by Crippen LogP contribution is -2.02. The highest BCUT2D eigenvalue weighted by molar-refractivity contribution is 5.70. The molecule has 2 N–H and O–H groups in total. The third-order valence-corrected chi connectivity index (χ3v) is 2.86. The Labute approximate surface area is 99.5 Å². The van der Waals surface area contributed by atoms with Crippen LogP contribution in [0.25, 0.3) is 11.3 Å². The highest BCUT2D eigenvalue weighted by Gasteiger charge is 2.13. The maximum absolute atomic E-state index is 13.5. The van der Waals surface area contributed by atoms with Gasteiger partial charge in [-0.2, -0.15) is 0 Å². The number of hydrogen-bond donors (Lipinski definition) is 1. The summed E-state index contributed by atoms with van der Waals surface area (Å²) in [7, 11) is 0. The molecule has 1 heterocycles. The molecule has 0 radical (unpaired) electrons. The molecular weight excluding hydrogens is 217 g/mol. The minimum absolute atomic E-state index is 0.235. The van der Waals surface area contributed by atoms with E-state index in [1.165, 1.54) is 12.4 Å². The molecule has 4 heteroatoms. The summed E-state index contributed by atoms with van der Waals surface area (Å²) >= 11 is 0. The predicted molar refractivity (Wildman–Crippen MR) is 66.0 cm³/mol. The van der Waals surface area contributed by atoms with Crippen molar-refractivity contribution in [2.24, 2.45) is 0 Å². The maximum Gasteiger partial charge on any atom is 0.130 e. The van der Waals surface area contributed by atoms with Crippen molar-refractivity contribution in [2.45, 2.75) is 20.3 Å². The van der Waals surface area contributed by atoms with Gasteiger partial charge in [0, 0.05) is 11.1 Å². The van der Waals surface area contributed by atoms with Gasteiger partial charge in [0.2, 0.25) is 0 Å². The Morgan fingerprint density at radius 1 is 1.29 bits per heavy atom. The van der Waals surface area contributed by atoms with E-state index in [4.69, 9.17) is 5.73 Å². The SMILES string of the molecule is CCc1c(N)ncnc1-c1cccc(F)c1C. The van der Waals surface area contributed by atoms with Gasteiger partial charge in [-0.05, 0) is 25.0 Å². The summed E-state index contributed by atoms with van der Waals surface area (Å²) in [6.07, 6.45) is 2.13. The number of anilines is 1. The Balaban J connectivity index is 2.68. The van der Waals surface area contributed by atoms with Gasteiger partial charge in [0.25, 0.3) is 0 Å². The van der Waals surface area contributed by atoms with Crippen LogP contribution in [0.15, 0.2) is 24.5 Å². The van der Waals surface area contributed by atoms with E-state index in [0.717, 1.165) is 23.2 Å². The zero-order chi connectivity index (χ0) is 12.4. The summed E-state index contributed by atoms with van der Waals surface area (Å²) in [5.41, 5.74) is 8.75. The Kier molecular flexibility index (Phi) is 3.04. The molecular formula is C13H14FN3. The molecule has 2 aromatic rings. The van der Waals surface area contributed by atoms with Crippen LogP contribution < -0.4 is 5.73 Å². The van der Waals surface area contributed by atoms with Crippen LogP contribution in [0.4, 0.5) is 10.2 Å². The molecule has 0 aliphatic heterocycles. The first kappa shape index (κ1) is 11.5. The van der Waals surface area contributed by atoms with E-state index in [2.05, 4.69) is 9.97 Å². The molecule has 17 heavy (non-hydrogen) atoms. The molecule has 0 amide bonds. The number of nitrogen functional groups attached to an aromatic ring is 1. The molecule has 0 unspecified atom stereocenters. The molecule has 0 fully saturated rings. The number of rotatable bonds is 2. The molecule has 3 nitrogen and oxygen atoms in total. The molecule has 0 saturated heterocycles. The minimum Gasteiger partial charge on any atom is -0.383 e. The van der Waals surface area contributed by atoms with Gasteiger partial charge >= 0.3 is 0 Å². The van der Waals surface area contributed by atoms with E-state index in [-0.39, 0.29) is 5.82 Å². The van der Waals surface area contributed by atoms with Crippen molar-refractivity contribution in [2.75, 3.05) is 5.73 Å². The van der Waals surface area contributed by atoms with Gasteiger partial charge in [0.05, 0.1) is 5.69 Å². The van der Waals surface area contributed by atoms with Gasteiger partial charge < -0.3 is 5.73 Å². The normalized spacial score (nSPS) is 10.5. The third-order valence-electron chi connectivity index (χ3n) is 2.86. The second-order valence-electron chi connectivity index (χ2n) is 3.85. The van der Waals surface area contributed by atoms with Crippen LogP contribution in [0.2, 0.25) is 0 Å². The van der Waals surface area contributed by atoms with E-state index in [9.17, 15) is 4.39 Å². The fraction of sp³-hybridized carbons (Fsp3) is 0.231. The first-order chi connectivity index (χ1) is 8.15. The van der Waals surface area contributed by atoms with E-state index in [1.54, 1.807) is 13.0 Å². The fourth-order valence-corrected chi connectivity index (χ4v) is 1.87. The smallest absolute Gasteiger partial charge is 0.130 e. The lowest BCUT2D eigenvalue weighted by molar-refractivity contribution is 0.619. The van der Waals surface area contributed by atoms with Crippen LogP contribution in [0.3, 0.4) is 0 Å². The standard InChI is InChI=1S/C13H14FN3/c1-3-9-12(16-7-17-13(9)15)10-5-4-6-11(14)8(10)2/h4-7H,3H2,1-2H3,(H2,15,16,17). The summed E-state index contributed by atoms with van der Waals surface area (Å²) in [5.74, 6) is 0.225. The lowest BCUT2D eigenvalue weighted by Gasteiger charge is -2.11. The zero-order valence-corrected chi connectivity index (χ0v) is 9.87. The van der Waals surface area contributed by atoms with Crippen molar-refractivity contribution in [3.63, 3.8) is 0 Å². The van der Waals surface area contributed by atoms with Crippen LogP contribution in [-0.4, -0.2) is 9.97 Å². The van der Waals surface area contributed by atoms with Gasteiger partial charge in [0.1, 0.15) is 18.0 Å². The molecule has 88 valence electrons. The minimum atomic E-state index is -0.235. The second kappa shape index (κ2) is 4.49. The van der Waals surface area contributed by atoms with E-state index < -0.39 is 0 Å². The van der Waals surface area contributed by atoms with Gasteiger partial charge in [-0.1, -0.05) is 19.1 Å². The van der Waals surface area contributed by atoms with Crippen molar-refractivity contribution in [3.05, 3.63) is 41.5 Å². The van der Waals surface area contributed by atoms with Crippen molar-refractivity contribution < 1.29 is 4.39 Å². The van der Waals surface area contributed by atoms with Gasteiger partial charge in [0.15, 0.2) is 0 Å². The Morgan fingerprint density at radius 3 is 2.76 bits per heavy atom. The summed E-state index contributed by atoms with van der Waals surface area (Å²) in [5, 5.41) is 0. The van der Waals surface area contributed by atoms with Crippen molar-refractivity contribution in [3.8, 4) is 11.3 Å².